The molecule has 0 saturated heterocycles. The van der Waals surface area contributed by atoms with Gasteiger partial charge < -0.3 is 5.11 Å². The second-order valence-electron chi connectivity index (χ2n) is 2.93. The smallest absolute Gasteiger partial charge is 0.0553 e. The molecule has 1 N–H and O–H groups in total. The molecule has 0 amide bonds. The first-order valence-electron chi connectivity index (χ1n) is 3.77. The molecule has 1 aromatic rings. The van der Waals surface area contributed by atoms with E-state index < -0.39 is 0 Å². The van der Waals surface area contributed by atoms with Gasteiger partial charge in [-0.1, -0.05) is 0 Å². The Bertz CT molecular complexity index is 240. The average Bonchev–Trinajstić information content (AvgIpc) is 2.18. The van der Waals surface area contributed by atoms with Crippen molar-refractivity contribution in [1.29, 1.82) is 0 Å². The van der Waals surface area contributed by atoms with Gasteiger partial charge in [0.25, 0.3) is 0 Å². The highest BCUT2D eigenvalue weighted by atomic mass is 16.3. The quantitative estimate of drug-likeness (QED) is 0.679. The highest BCUT2D eigenvalue weighted by Crippen LogP contribution is 2.07. The van der Waals surface area contributed by atoms with Crippen LogP contribution in [0.15, 0.2) is 6.20 Å². The molecule has 11 heavy (non-hydrogen) atoms. The SMILES string of the molecule is Cc1c(C[C@H](C)O)cnn1C. The van der Waals surface area contributed by atoms with E-state index in [1.807, 2.05) is 24.9 Å². The van der Waals surface area contributed by atoms with Gasteiger partial charge in [0, 0.05) is 19.2 Å². The monoisotopic (exact) mass is 154 g/mol. The fourth-order valence-corrected chi connectivity index (χ4v) is 1.06. The highest BCUT2D eigenvalue weighted by molar-refractivity contribution is 5.16. The van der Waals surface area contributed by atoms with E-state index in [1.165, 1.54) is 0 Å². The Kier molecular flexibility index (Phi) is 2.29. The first-order valence-corrected chi connectivity index (χ1v) is 3.77. The lowest BCUT2D eigenvalue weighted by molar-refractivity contribution is 0.195. The van der Waals surface area contributed by atoms with Crippen molar-refractivity contribution in [1.82, 2.24) is 9.78 Å². The lowest BCUT2D eigenvalue weighted by atomic mass is 10.1. The van der Waals surface area contributed by atoms with Crippen LogP contribution in [0.2, 0.25) is 0 Å². The molecule has 1 aromatic heterocycles. The Morgan fingerprint density at radius 1 is 1.73 bits per heavy atom. The zero-order valence-corrected chi connectivity index (χ0v) is 7.20. The molecule has 0 aliphatic carbocycles. The number of nitrogens with zero attached hydrogens (tertiary/aromatic N) is 2. The van der Waals surface area contributed by atoms with Crippen molar-refractivity contribution in [2.45, 2.75) is 26.4 Å². The van der Waals surface area contributed by atoms with Crippen LogP contribution >= 0.6 is 0 Å². The van der Waals surface area contributed by atoms with Crippen LogP contribution < -0.4 is 0 Å². The molecule has 0 saturated carbocycles. The molecule has 0 aliphatic heterocycles. The number of hydrogen-bond donors (Lipinski definition) is 1. The van der Waals surface area contributed by atoms with E-state index >= 15 is 0 Å². The molecule has 0 aliphatic rings. The summed E-state index contributed by atoms with van der Waals surface area (Å²) < 4.78 is 1.82. The van der Waals surface area contributed by atoms with Crippen molar-refractivity contribution in [2.75, 3.05) is 0 Å². The van der Waals surface area contributed by atoms with Gasteiger partial charge in [-0.2, -0.15) is 5.10 Å². The summed E-state index contributed by atoms with van der Waals surface area (Å²) in [5, 5.41) is 13.2. The summed E-state index contributed by atoms with van der Waals surface area (Å²) in [5.41, 5.74) is 2.26. The third kappa shape index (κ3) is 1.80. The number of aromatic nitrogens is 2. The van der Waals surface area contributed by atoms with Crippen LogP contribution in [0.3, 0.4) is 0 Å². The highest BCUT2D eigenvalue weighted by Gasteiger charge is 2.05. The molecule has 0 aromatic carbocycles. The Balaban J connectivity index is 2.79. The maximum absolute atomic E-state index is 9.10. The minimum Gasteiger partial charge on any atom is -0.393 e. The molecule has 1 rings (SSSR count). The lowest BCUT2D eigenvalue weighted by Crippen LogP contribution is -2.05. The van der Waals surface area contributed by atoms with Crippen molar-refractivity contribution in [3.63, 3.8) is 0 Å². The molecule has 1 heterocycles. The van der Waals surface area contributed by atoms with Crippen molar-refractivity contribution in [2.24, 2.45) is 7.05 Å². The third-order valence-electron chi connectivity index (χ3n) is 1.85. The molecule has 0 spiro atoms. The van der Waals surface area contributed by atoms with E-state index in [2.05, 4.69) is 5.10 Å². The van der Waals surface area contributed by atoms with E-state index in [1.54, 1.807) is 6.92 Å². The molecule has 62 valence electrons. The summed E-state index contributed by atoms with van der Waals surface area (Å²) in [4.78, 5) is 0. The van der Waals surface area contributed by atoms with Crippen LogP contribution in [0, 0.1) is 6.92 Å². The number of rotatable bonds is 2. The topological polar surface area (TPSA) is 38.1 Å². The Morgan fingerprint density at radius 3 is 2.73 bits per heavy atom. The number of aliphatic hydroxyl groups excluding tert-OH is 1. The predicted octanol–water partition coefficient (Wildman–Crippen LogP) is 0.652. The van der Waals surface area contributed by atoms with Crippen molar-refractivity contribution < 1.29 is 5.11 Å². The van der Waals surface area contributed by atoms with Gasteiger partial charge in [0.15, 0.2) is 0 Å². The molecule has 3 nitrogen and oxygen atoms in total. The molecular formula is C8H14N2O. The summed E-state index contributed by atoms with van der Waals surface area (Å²) in [6.07, 6.45) is 2.22. The molecular weight excluding hydrogens is 140 g/mol. The Morgan fingerprint density at radius 2 is 2.36 bits per heavy atom. The van der Waals surface area contributed by atoms with Crippen LogP contribution in [-0.2, 0) is 13.5 Å². The fourth-order valence-electron chi connectivity index (χ4n) is 1.06. The van der Waals surface area contributed by atoms with Gasteiger partial charge in [0.05, 0.1) is 12.3 Å². The summed E-state index contributed by atoms with van der Waals surface area (Å²) in [7, 11) is 1.90. The van der Waals surface area contributed by atoms with Gasteiger partial charge in [-0.3, -0.25) is 4.68 Å². The number of aliphatic hydroxyl groups is 1. The van der Waals surface area contributed by atoms with Gasteiger partial charge >= 0.3 is 0 Å². The average molecular weight is 154 g/mol. The maximum Gasteiger partial charge on any atom is 0.0553 e. The number of hydrogen-bond acceptors (Lipinski definition) is 2. The minimum atomic E-state index is -0.280. The van der Waals surface area contributed by atoms with Crippen molar-refractivity contribution in [3.05, 3.63) is 17.5 Å². The van der Waals surface area contributed by atoms with Crippen LogP contribution in [0.1, 0.15) is 18.2 Å². The van der Waals surface area contributed by atoms with Crippen LogP contribution in [0.25, 0.3) is 0 Å². The van der Waals surface area contributed by atoms with Gasteiger partial charge in [0.1, 0.15) is 0 Å². The van der Waals surface area contributed by atoms with E-state index in [0.29, 0.717) is 6.42 Å². The van der Waals surface area contributed by atoms with Gasteiger partial charge in [-0.15, -0.1) is 0 Å². The summed E-state index contributed by atoms with van der Waals surface area (Å²) in [6.45, 7) is 3.79. The number of aryl methyl sites for hydroxylation is 1. The van der Waals surface area contributed by atoms with Gasteiger partial charge in [0.2, 0.25) is 0 Å². The second kappa shape index (κ2) is 3.05. The van der Waals surface area contributed by atoms with Crippen molar-refractivity contribution >= 4 is 0 Å². The Hall–Kier alpha value is -0.830. The minimum absolute atomic E-state index is 0.280. The first kappa shape index (κ1) is 8.27. The van der Waals surface area contributed by atoms with Crippen molar-refractivity contribution in [3.8, 4) is 0 Å². The van der Waals surface area contributed by atoms with Crippen LogP contribution in [0.5, 0.6) is 0 Å². The molecule has 3 heteroatoms. The van der Waals surface area contributed by atoms with Gasteiger partial charge in [-0.05, 0) is 19.4 Å². The summed E-state index contributed by atoms with van der Waals surface area (Å²) in [5.74, 6) is 0. The molecule has 0 fully saturated rings. The normalized spacial score (nSPS) is 13.5. The van der Waals surface area contributed by atoms with Crippen LogP contribution in [-0.4, -0.2) is 21.0 Å². The zero-order valence-electron chi connectivity index (χ0n) is 7.20. The fraction of sp³-hybridized carbons (Fsp3) is 0.625. The van der Waals surface area contributed by atoms with E-state index in [9.17, 15) is 0 Å². The molecule has 0 radical (unpaired) electrons. The zero-order chi connectivity index (χ0) is 8.43. The predicted molar refractivity (Wildman–Crippen MR) is 43.3 cm³/mol. The molecule has 1 atom stereocenters. The molecule has 0 bridgehead atoms. The summed E-state index contributed by atoms with van der Waals surface area (Å²) >= 11 is 0. The van der Waals surface area contributed by atoms with E-state index in [-0.39, 0.29) is 6.10 Å². The van der Waals surface area contributed by atoms with Crippen LogP contribution in [0.4, 0.5) is 0 Å². The first-order chi connectivity index (χ1) is 5.11. The maximum atomic E-state index is 9.10. The molecule has 0 unspecified atom stereocenters. The summed E-state index contributed by atoms with van der Waals surface area (Å²) in [6, 6.07) is 0. The lowest BCUT2D eigenvalue weighted by Gasteiger charge is -2.02. The second-order valence-corrected chi connectivity index (χ2v) is 2.93. The third-order valence-corrected chi connectivity index (χ3v) is 1.85. The largest absolute Gasteiger partial charge is 0.393 e. The Labute approximate surface area is 66.7 Å². The van der Waals surface area contributed by atoms with E-state index in [4.69, 9.17) is 5.11 Å². The standard InChI is InChI=1S/C8H14N2O/c1-6(11)4-8-5-9-10(3)7(8)2/h5-6,11H,4H2,1-3H3/t6-/m0/s1. The van der Waals surface area contributed by atoms with E-state index in [0.717, 1.165) is 11.3 Å². The van der Waals surface area contributed by atoms with Gasteiger partial charge in [-0.25, -0.2) is 0 Å².